The maximum atomic E-state index is 12.5. The van der Waals surface area contributed by atoms with Crippen molar-refractivity contribution in [3.05, 3.63) is 87.6 Å². The van der Waals surface area contributed by atoms with E-state index in [1.807, 2.05) is 24.3 Å². The molecule has 4 aromatic rings. The molecule has 0 bridgehead atoms. The first-order valence-corrected chi connectivity index (χ1v) is 10.6. The summed E-state index contributed by atoms with van der Waals surface area (Å²) in [5.74, 6) is 0.245. The first-order chi connectivity index (χ1) is 14.9. The van der Waals surface area contributed by atoms with Crippen molar-refractivity contribution in [2.24, 2.45) is 5.10 Å². The van der Waals surface area contributed by atoms with Crippen LogP contribution in [0.1, 0.15) is 38.5 Å². The van der Waals surface area contributed by atoms with Crippen molar-refractivity contribution in [1.29, 1.82) is 0 Å². The lowest BCUT2D eigenvalue weighted by Crippen LogP contribution is -2.18. The van der Waals surface area contributed by atoms with E-state index in [1.54, 1.807) is 50.2 Å². The van der Waals surface area contributed by atoms with Crippen LogP contribution >= 0.6 is 22.9 Å². The Balaban J connectivity index is 1.42. The molecule has 4 rings (SSSR count). The summed E-state index contributed by atoms with van der Waals surface area (Å²) < 4.78 is 6.26. The average molecular weight is 452 g/mol. The summed E-state index contributed by atoms with van der Waals surface area (Å²) in [4.78, 5) is 25.1. The third kappa shape index (κ3) is 4.52. The summed E-state index contributed by atoms with van der Waals surface area (Å²) in [6.45, 7) is 3.56. The SMILES string of the molecule is CC(=NNC(=O)c1sc2ccccc2c1Cl)c1ccc(NC(=O)c2ccc(C)o2)cc1. The molecule has 8 heteroatoms. The summed E-state index contributed by atoms with van der Waals surface area (Å²) in [7, 11) is 0. The lowest BCUT2D eigenvalue weighted by atomic mass is 10.1. The topological polar surface area (TPSA) is 83.7 Å². The number of nitrogens with zero attached hydrogens (tertiary/aromatic N) is 1. The van der Waals surface area contributed by atoms with Gasteiger partial charge >= 0.3 is 0 Å². The predicted octanol–water partition coefficient (Wildman–Crippen LogP) is 5.86. The number of carbonyl (C=O) groups is 2. The number of thiophene rings is 1. The van der Waals surface area contributed by atoms with E-state index in [0.717, 1.165) is 15.6 Å². The van der Waals surface area contributed by atoms with E-state index in [0.29, 0.717) is 27.1 Å². The van der Waals surface area contributed by atoms with Crippen molar-refractivity contribution in [2.45, 2.75) is 13.8 Å². The number of hydrogen-bond donors (Lipinski definition) is 2. The van der Waals surface area contributed by atoms with Gasteiger partial charge in [-0.25, -0.2) is 5.43 Å². The Morgan fingerprint density at radius 3 is 2.42 bits per heavy atom. The summed E-state index contributed by atoms with van der Waals surface area (Å²) in [6, 6.07) is 18.1. The zero-order valence-electron chi connectivity index (χ0n) is 16.7. The van der Waals surface area contributed by atoms with E-state index < -0.39 is 0 Å². The highest BCUT2D eigenvalue weighted by atomic mass is 35.5. The largest absolute Gasteiger partial charge is 0.456 e. The van der Waals surface area contributed by atoms with Crippen molar-refractivity contribution >= 4 is 56.2 Å². The van der Waals surface area contributed by atoms with E-state index >= 15 is 0 Å². The van der Waals surface area contributed by atoms with Gasteiger partial charge in [-0.3, -0.25) is 9.59 Å². The number of aryl methyl sites for hydroxylation is 1. The van der Waals surface area contributed by atoms with Gasteiger partial charge in [0.1, 0.15) is 10.6 Å². The molecule has 2 N–H and O–H groups in total. The Hall–Kier alpha value is -3.42. The second-order valence-electron chi connectivity index (χ2n) is 6.82. The van der Waals surface area contributed by atoms with Gasteiger partial charge in [-0.05, 0) is 49.7 Å². The Bertz CT molecular complexity index is 1310. The van der Waals surface area contributed by atoms with Gasteiger partial charge in [0.05, 0.1) is 10.7 Å². The van der Waals surface area contributed by atoms with Gasteiger partial charge in [-0.1, -0.05) is 41.9 Å². The fourth-order valence-corrected chi connectivity index (χ4v) is 4.36. The summed E-state index contributed by atoms with van der Waals surface area (Å²) in [5, 5.41) is 8.24. The van der Waals surface area contributed by atoms with Gasteiger partial charge in [-0.15, -0.1) is 11.3 Å². The highest BCUT2D eigenvalue weighted by molar-refractivity contribution is 7.21. The van der Waals surface area contributed by atoms with Crippen molar-refractivity contribution in [1.82, 2.24) is 5.43 Å². The molecule has 2 heterocycles. The molecular formula is C23H18ClN3O3S. The minimum absolute atomic E-state index is 0.252. The molecule has 2 amide bonds. The molecular weight excluding hydrogens is 434 g/mol. The zero-order chi connectivity index (χ0) is 22.0. The van der Waals surface area contributed by atoms with Crippen LogP contribution in [0.5, 0.6) is 0 Å². The van der Waals surface area contributed by atoms with E-state index in [9.17, 15) is 9.59 Å². The molecule has 0 aliphatic carbocycles. The second kappa shape index (κ2) is 8.75. The van der Waals surface area contributed by atoms with E-state index in [2.05, 4.69) is 15.8 Å². The first kappa shape index (κ1) is 20.8. The number of hydrogen-bond acceptors (Lipinski definition) is 5. The Kier molecular flexibility index (Phi) is 5.88. The molecule has 0 unspecified atom stereocenters. The molecule has 0 saturated heterocycles. The zero-order valence-corrected chi connectivity index (χ0v) is 18.3. The number of halogens is 1. The molecule has 6 nitrogen and oxygen atoms in total. The lowest BCUT2D eigenvalue weighted by molar-refractivity contribution is 0.0957. The summed E-state index contributed by atoms with van der Waals surface area (Å²) in [6.07, 6.45) is 0. The maximum Gasteiger partial charge on any atom is 0.291 e. The number of hydrazone groups is 1. The summed E-state index contributed by atoms with van der Waals surface area (Å²) in [5.41, 5.74) is 4.60. The van der Waals surface area contributed by atoms with Crippen LogP contribution in [0.15, 0.2) is 70.2 Å². The molecule has 31 heavy (non-hydrogen) atoms. The van der Waals surface area contributed by atoms with Crippen LogP contribution in [0, 0.1) is 6.92 Å². The van der Waals surface area contributed by atoms with Crippen LogP contribution in [-0.2, 0) is 0 Å². The van der Waals surface area contributed by atoms with E-state index in [1.165, 1.54) is 11.3 Å². The quantitative estimate of drug-likeness (QED) is 0.294. The third-order valence-electron chi connectivity index (χ3n) is 4.59. The third-order valence-corrected chi connectivity index (χ3v) is 6.27. The Morgan fingerprint density at radius 1 is 1.00 bits per heavy atom. The van der Waals surface area contributed by atoms with Crippen molar-refractivity contribution in [3.63, 3.8) is 0 Å². The van der Waals surface area contributed by atoms with Gasteiger partial charge in [0.2, 0.25) is 0 Å². The predicted molar refractivity (Wildman–Crippen MR) is 124 cm³/mol. The molecule has 0 fully saturated rings. The van der Waals surface area contributed by atoms with Gasteiger partial charge in [0.15, 0.2) is 5.76 Å². The molecule has 2 aromatic carbocycles. The fourth-order valence-electron chi connectivity index (χ4n) is 2.95. The second-order valence-corrected chi connectivity index (χ2v) is 8.25. The van der Waals surface area contributed by atoms with Crippen LogP contribution in [0.2, 0.25) is 5.02 Å². The number of amides is 2. The molecule has 0 spiro atoms. The number of benzene rings is 2. The van der Waals surface area contributed by atoms with Crippen LogP contribution in [0.25, 0.3) is 10.1 Å². The maximum absolute atomic E-state index is 12.5. The molecule has 156 valence electrons. The van der Waals surface area contributed by atoms with Crippen molar-refractivity contribution in [2.75, 3.05) is 5.32 Å². The molecule has 0 aliphatic heterocycles. The van der Waals surface area contributed by atoms with Gasteiger partial charge in [-0.2, -0.15) is 5.10 Å². The van der Waals surface area contributed by atoms with Crippen molar-refractivity contribution in [3.8, 4) is 0 Å². The number of anilines is 1. The monoisotopic (exact) mass is 451 g/mol. The molecule has 0 atom stereocenters. The highest BCUT2D eigenvalue weighted by Crippen LogP contribution is 2.34. The lowest BCUT2D eigenvalue weighted by Gasteiger charge is -2.06. The Morgan fingerprint density at radius 2 is 1.74 bits per heavy atom. The van der Waals surface area contributed by atoms with Crippen LogP contribution in [0.4, 0.5) is 5.69 Å². The molecule has 2 aromatic heterocycles. The molecule has 0 radical (unpaired) electrons. The van der Waals surface area contributed by atoms with E-state index in [-0.39, 0.29) is 17.6 Å². The molecule has 0 saturated carbocycles. The van der Waals surface area contributed by atoms with Crippen LogP contribution in [0.3, 0.4) is 0 Å². The van der Waals surface area contributed by atoms with Crippen LogP contribution < -0.4 is 10.7 Å². The number of carbonyl (C=O) groups excluding carboxylic acids is 2. The standard InChI is InChI=1S/C23H18ClN3O3S/c1-13-7-12-18(30-13)22(28)25-16-10-8-15(9-11-16)14(2)26-27-23(29)21-20(24)17-5-3-4-6-19(17)31-21/h3-12H,1-2H3,(H,25,28)(H,27,29). The molecule has 0 aliphatic rings. The highest BCUT2D eigenvalue weighted by Gasteiger charge is 2.16. The van der Waals surface area contributed by atoms with Gasteiger partial charge < -0.3 is 9.73 Å². The fraction of sp³-hybridized carbons (Fsp3) is 0.0870. The van der Waals surface area contributed by atoms with Crippen molar-refractivity contribution < 1.29 is 14.0 Å². The minimum atomic E-state index is -0.358. The van der Waals surface area contributed by atoms with E-state index in [4.69, 9.17) is 16.0 Å². The average Bonchev–Trinajstić information content (AvgIpc) is 3.36. The van der Waals surface area contributed by atoms with Crippen LogP contribution in [-0.4, -0.2) is 17.5 Å². The summed E-state index contributed by atoms with van der Waals surface area (Å²) >= 11 is 7.67. The normalized spacial score (nSPS) is 11.5. The number of fused-ring (bicyclic) bond motifs is 1. The van der Waals surface area contributed by atoms with Gasteiger partial charge in [0, 0.05) is 15.8 Å². The number of furan rings is 1. The smallest absolute Gasteiger partial charge is 0.291 e. The minimum Gasteiger partial charge on any atom is -0.456 e. The first-order valence-electron chi connectivity index (χ1n) is 9.42. The Labute approximate surface area is 187 Å². The number of rotatable bonds is 5. The number of nitrogens with one attached hydrogen (secondary N) is 2. The van der Waals surface area contributed by atoms with Gasteiger partial charge in [0.25, 0.3) is 11.8 Å².